The first-order valence-corrected chi connectivity index (χ1v) is 13.4. The van der Waals surface area contributed by atoms with Gasteiger partial charge in [0.2, 0.25) is 10.0 Å². The van der Waals surface area contributed by atoms with E-state index in [0.29, 0.717) is 11.1 Å². The van der Waals surface area contributed by atoms with Gasteiger partial charge in [-0.15, -0.1) is 0 Å². The van der Waals surface area contributed by atoms with Gasteiger partial charge in [-0.25, -0.2) is 13.2 Å². The van der Waals surface area contributed by atoms with Gasteiger partial charge < -0.3 is 19.6 Å². The van der Waals surface area contributed by atoms with Crippen molar-refractivity contribution in [3.05, 3.63) is 95.6 Å². The van der Waals surface area contributed by atoms with E-state index >= 15 is 0 Å². The van der Waals surface area contributed by atoms with Crippen LogP contribution in [0.1, 0.15) is 16.7 Å². The van der Waals surface area contributed by atoms with E-state index < -0.39 is 41.4 Å². The standard InChI is InChI=1S/C23H22F2NO8PS/c24-23(25,35(29,30)31)19-8-6-18(7-9-19)15-26(14-17-4-2-1-3-5-17)36(32,33)21-12-10-20(11-13-21)34-16-22(27)28/h1-13H,14-16H2,(H,27,28)(H2,29,30,31). The van der Waals surface area contributed by atoms with Gasteiger partial charge in [-0.05, 0) is 35.4 Å². The summed E-state index contributed by atoms with van der Waals surface area (Å²) in [5.74, 6) is -1.03. The third-order valence-electron chi connectivity index (χ3n) is 5.05. The van der Waals surface area contributed by atoms with Crippen molar-refractivity contribution in [1.29, 1.82) is 0 Å². The van der Waals surface area contributed by atoms with Crippen LogP contribution in [0.15, 0.2) is 83.8 Å². The van der Waals surface area contributed by atoms with Gasteiger partial charge in [-0.1, -0.05) is 54.6 Å². The van der Waals surface area contributed by atoms with E-state index in [4.69, 9.17) is 19.6 Å². The molecular formula is C23H22F2NO8PS. The number of sulfonamides is 1. The predicted octanol–water partition coefficient (Wildman–Crippen LogP) is 3.77. The first kappa shape index (κ1) is 27.4. The molecule has 0 spiro atoms. The van der Waals surface area contributed by atoms with Gasteiger partial charge in [0.25, 0.3) is 0 Å². The molecule has 0 atom stereocenters. The second-order valence-corrected chi connectivity index (χ2v) is 11.3. The molecule has 9 nitrogen and oxygen atoms in total. The summed E-state index contributed by atoms with van der Waals surface area (Å²) >= 11 is 0. The Morgan fingerprint density at radius 2 is 1.42 bits per heavy atom. The number of aliphatic carboxylic acids is 1. The Labute approximate surface area is 205 Å². The molecule has 0 unspecified atom stereocenters. The zero-order valence-electron chi connectivity index (χ0n) is 18.6. The Balaban J connectivity index is 1.90. The van der Waals surface area contributed by atoms with Gasteiger partial charge in [0, 0.05) is 18.7 Å². The highest BCUT2D eigenvalue weighted by molar-refractivity contribution is 7.89. The molecule has 3 aromatic carbocycles. The van der Waals surface area contributed by atoms with E-state index in [1.807, 2.05) is 0 Å². The first-order chi connectivity index (χ1) is 16.8. The molecule has 0 saturated heterocycles. The van der Waals surface area contributed by atoms with Crippen LogP contribution in [0.2, 0.25) is 0 Å². The predicted molar refractivity (Wildman–Crippen MR) is 125 cm³/mol. The quantitative estimate of drug-likeness (QED) is 0.312. The molecule has 3 aromatic rings. The molecule has 192 valence electrons. The Morgan fingerprint density at radius 1 is 0.889 bits per heavy atom. The zero-order chi connectivity index (χ0) is 26.6. The average Bonchev–Trinajstić information content (AvgIpc) is 2.83. The largest absolute Gasteiger partial charge is 0.482 e. The molecule has 3 rings (SSSR count). The number of rotatable bonds is 11. The third-order valence-corrected chi connectivity index (χ3v) is 7.85. The van der Waals surface area contributed by atoms with Crippen LogP contribution in [-0.4, -0.2) is 40.2 Å². The summed E-state index contributed by atoms with van der Waals surface area (Å²) in [4.78, 5) is 28.4. The first-order valence-electron chi connectivity index (χ1n) is 10.3. The summed E-state index contributed by atoms with van der Waals surface area (Å²) in [5, 5.41) is 8.71. The number of carboxylic acids is 1. The minimum atomic E-state index is -5.74. The highest BCUT2D eigenvalue weighted by atomic mass is 32.2. The maximum atomic E-state index is 14.0. The van der Waals surface area contributed by atoms with E-state index in [1.165, 1.54) is 36.4 Å². The summed E-state index contributed by atoms with van der Waals surface area (Å²) in [6.45, 7) is -0.875. The topological polar surface area (TPSA) is 141 Å². The summed E-state index contributed by atoms with van der Waals surface area (Å²) in [5.41, 5.74) is -4.31. The van der Waals surface area contributed by atoms with Crippen molar-refractivity contribution < 1.29 is 46.2 Å². The lowest BCUT2D eigenvalue weighted by Gasteiger charge is -2.23. The van der Waals surface area contributed by atoms with Gasteiger partial charge in [0.05, 0.1) is 4.90 Å². The van der Waals surface area contributed by atoms with Crippen LogP contribution in [0.25, 0.3) is 0 Å². The van der Waals surface area contributed by atoms with E-state index in [1.54, 1.807) is 30.3 Å². The minimum Gasteiger partial charge on any atom is -0.482 e. The Kier molecular flexibility index (Phi) is 8.27. The van der Waals surface area contributed by atoms with E-state index in [2.05, 4.69) is 0 Å². The van der Waals surface area contributed by atoms with Gasteiger partial charge in [0.1, 0.15) is 5.75 Å². The smallest absolute Gasteiger partial charge is 0.399 e. The van der Waals surface area contributed by atoms with Crippen LogP contribution in [0.4, 0.5) is 8.78 Å². The molecule has 0 saturated carbocycles. The van der Waals surface area contributed by atoms with E-state index in [-0.39, 0.29) is 23.7 Å². The molecular weight excluding hydrogens is 519 g/mol. The summed E-state index contributed by atoms with van der Waals surface area (Å²) < 4.78 is 72.1. The minimum absolute atomic E-state index is 0.0547. The lowest BCUT2D eigenvalue weighted by atomic mass is 10.1. The van der Waals surface area contributed by atoms with Crippen molar-refractivity contribution >= 4 is 23.6 Å². The van der Waals surface area contributed by atoms with Crippen LogP contribution >= 0.6 is 7.60 Å². The van der Waals surface area contributed by atoms with Crippen LogP contribution < -0.4 is 4.74 Å². The van der Waals surface area contributed by atoms with Crippen molar-refractivity contribution in [3.8, 4) is 5.75 Å². The monoisotopic (exact) mass is 541 g/mol. The van der Waals surface area contributed by atoms with Crippen LogP contribution in [-0.2, 0) is 38.1 Å². The highest BCUT2D eigenvalue weighted by Gasteiger charge is 2.50. The number of hydrogen-bond acceptors (Lipinski definition) is 5. The fourth-order valence-corrected chi connectivity index (χ4v) is 5.10. The second-order valence-electron chi connectivity index (χ2n) is 7.69. The SMILES string of the molecule is O=C(O)COc1ccc(S(=O)(=O)N(Cc2ccccc2)Cc2ccc(C(F)(F)P(=O)(O)O)cc2)cc1. The molecule has 3 N–H and O–H groups in total. The number of alkyl halides is 2. The molecule has 0 heterocycles. The molecule has 0 aliphatic carbocycles. The molecule has 0 fully saturated rings. The Morgan fingerprint density at radius 3 is 1.92 bits per heavy atom. The Bertz CT molecular complexity index is 1350. The number of carbonyl (C=O) groups is 1. The van der Waals surface area contributed by atoms with Gasteiger partial charge in [-0.3, -0.25) is 4.57 Å². The van der Waals surface area contributed by atoms with Crippen LogP contribution in [0.5, 0.6) is 5.75 Å². The third kappa shape index (κ3) is 6.54. The number of hydrogen-bond donors (Lipinski definition) is 3. The van der Waals surface area contributed by atoms with Crippen molar-refractivity contribution in [2.24, 2.45) is 0 Å². The lowest BCUT2D eigenvalue weighted by molar-refractivity contribution is -0.139. The highest BCUT2D eigenvalue weighted by Crippen LogP contribution is 2.59. The van der Waals surface area contributed by atoms with Crippen LogP contribution in [0, 0.1) is 0 Å². The van der Waals surface area contributed by atoms with Gasteiger partial charge in [0.15, 0.2) is 6.61 Å². The number of nitrogens with zero attached hydrogens (tertiary/aromatic N) is 1. The summed E-state index contributed by atoms with van der Waals surface area (Å²) in [7, 11) is -9.86. The average molecular weight is 541 g/mol. The van der Waals surface area contributed by atoms with Crippen LogP contribution in [0.3, 0.4) is 0 Å². The summed E-state index contributed by atoms with van der Waals surface area (Å²) in [6.07, 6.45) is 0. The number of benzene rings is 3. The van der Waals surface area contributed by atoms with E-state index in [0.717, 1.165) is 16.4 Å². The number of halogens is 2. The van der Waals surface area contributed by atoms with Crippen molar-refractivity contribution in [1.82, 2.24) is 4.31 Å². The zero-order valence-corrected chi connectivity index (χ0v) is 20.3. The maximum Gasteiger partial charge on any atom is 0.399 e. The summed E-state index contributed by atoms with van der Waals surface area (Å²) in [6, 6.07) is 17.8. The molecule has 36 heavy (non-hydrogen) atoms. The molecule has 0 aromatic heterocycles. The van der Waals surface area contributed by atoms with Crippen molar-refractivity contribution in [3.63, 3.8) is 0 Å². The van der Waals surface area contributed by atoms with Gasteiger partial charge >= 0.3 is 19.2 Å². The van der Waals surface area contributed by atoms with Crippen molar-refractivity contribution in [2.45, 2.75) is 23.6 Å². The molecule has 0 aliphatic heterocycles. The fraction of sp³-hybridized carbons (Fsp3) is 0.174. The van der Waals surface area contributed by atoms with Crippen molar-refractivity contribution in [2.75, 3.05) is 6.61 Å². The number of ether oxygens (including phenoxy) is 1. The Hall–Kier alpha value is -3.15. The second kappa shape index (κ2) is 10.9. The normalized spacial score (nSPS) is 12.5. The van der Waals surface area contributed by atoms with Gasteiger partial charge in [-0.2, -0.15) is 13.1 Å². The van der Waals surface area contributed by atoms with E-state index in [9.17, 15) is 26.6 Å². The lowest BCUT2D eigenvalue weighted by Crippen LogP contribution is -2.30. The molecule has 0 aliphatic rings. The maximum absolute atomic E-state index is 14.0. The number of carboxylic acid groups (broad SMARTS) is 1. The fourth-order valence-electron chi connectivity index (χ4n) is 3.20. The molecule has 13 heteroatoms. The molecule has 0 amide bonds. The molecule has 0 bridgehead atoms. The molecule has 0 radical (unpaired) electrons.